The summed E-state index contributed by atoms with van der Waals surface area (Å²) in [5, 5.41) is 9.96. The van der Waals surface area contributed by atoms with Crippen LogP contribution in [-0.2, 0) is 0 Å². The van der Waals surface area contributed by atoms with Crippen molar-refractivity contribution in [2.75, 3.05) is 14.2 Å². The summed E-state index contributed by atoms with van der Waals surface area (Å²) in [6, 6.07) is 7.96. The molecular formula is C18H14O5. The number of phenolic OH excluding ortho intramolecular Hbond substituents is 1. The fraction of sp³-hybridized carbons (Fsp3) is 0.111. The van der Waals surface area contributed by atoms with Crippen molar-refractivity contribution < 1.29 is 24.2 Å². The molecule has 1 N–H and O–H groups in total. The second-order valence-corrected chi connectivity index (χ2v) is 5.02. The van der Waals surface area contributed by atoms with E-state index in [4.69, 9.17) is 9.47 Å². The van der Waals surface area contributed by atoms with Crippen LogP contribution in [0.15, 0.2) is 42.5 Å². The Hall–Kier alpha value is -3.08. The zero-order chi connectivity index (χ0) is 16.6. The summed E-state index contributed by atoms with van der Waals surface area (Å²) in [7, 11) is 3.00. The lowest BCUT2D eigenvalue weighted by Gasteiger charge is -2.18. The maximum absolute atomic E-state index is 12.3. The van der Waals surface area contributed by atoms with Crippen LogP contribution < -0.4 is 9.47 Å². The van der Waals surface area contributed by atoms with E-state index in [1.807, 2.05) is 0 Å². The largest absolute Gasteiger partial charge is 0.508 e. The van der Waals surface area contributed by atoms with Crippen molar-refractivity contribution in [3.05, 3.63) is 53.6 Å². The summed E-state index contributed by atoms with van der Waals surface area (Å²) in [5.41, 5.74) is 1.42. The molecule has 0 saturated heterocycles. The quantitative estimate of drug-likeness (QED) is 0.943. The molecule has 0 radical (unpaired) electrons. The fourth-order valence-electron chi connectivity index (χ4n) is 2.72. The molecule has 5 heteroatoms. The van der Waals surface area contributed by atoms with Gasteiger partial charge in [0.25, 0.3) is 0 Å². The van der Waals surface area contributed by atoms with Gasteiger partial charge in [0.05, 0.1) is 14.2 Å². The van der Waals surface area contributed by atoms with Gasteiger partial charge in [-0.3, -0.25) is 9.59 Å². The number of ketones is 2. The van der Waals surface area contributed by atoms with Crippen LogP contribution in [0.3, 0.4) is 0 Å². The fourth-order valence-corrected chi connectivity index (χ4v) is 2.72. The standard InChI is InChI=1S/C18H14O5/c1-22-16-5-3-4-11(18(16)23-2)12-8-10(19)9-13-14(20)6-7-15(21)17(12)13/h3-9,19H,1-2H3. The molecule has 3 rings (SSSR count). The maximum atomic E-state index is 12.3. The number of rotatable bonds is 3. The number of carbonyl (C=O) groups excluding carboxylic acids is 2. The first-order valence-electron chi connectivity index (χ1n) is 6.92. The van der Waals surface area contributed by atoms with Gasteiger partial charge >= 0.3 is 0 Å². The van der Waals surface area contributed by atoms with Crippen LogP contribution in [0.4, 0.5) is 0 Å². The average molecular weight is 310 g/mol. The summed E-state index contributed by atoms with van der Waals surface area (Å²) in [6.45, 7) is 0. The molecule has 0 amide bonds. The molecule has 5 nitrogen and oxygen atoms in total. The van der Waals surface area contributed by atoms with Gasteiger partial charge in [0.2, 0.25) is 0 Å². The number of ether oxygens (including phenoxy) is 2. The molecular weight excluding hydrogens is 296 g/mol. The SMILES string of the molecule is COc1cccc(-c2cc(O)cc3c2C(=O)C=CC3=O)c1OC. The highest BCUT2D eigenvalue weighted by Crippen LogP contribution is 2.42. The zero-order valence-electron chi connectivity index (χ0n) is 12.6. The van der Waals surface area contributed by atoms with Crippen molar-refractivity contribution in [3.63, 3.8) is 0 Å². The monoisotopic (exact) mass is 310 g/mol. The van der Waals surface area contributed by atoms with Crippen molar-refractivity contribution >= 4 is 11.6 Å². The summed E-state index contributed by atoms with van der Waals surface area (Å²) in [4.78, 5) is 24.3. The minimum Gasteiger partial charge on any atom is -0.508 e. The Morgan fingerprint density at radius 1 is 0.870 bits per heavy atom. The van der Waals surface area contributed by atoms with Crippen molar-refractivity contribution in [1.82, 2.24) is 0 Å². The number of allylic oxidation sites excluding steroid dienone is 2. The van der Waals surface area contributed by atoms with Crippen LogP contribution in [0.25, 0.3) is 11.1 Å². The van der Waals surface area contributed by atoms with Crippen LogP contribution in [0, 0.1) is 0 Å². The van der Waals surface area contributed by atoms with Gasteiger partial charge in [-0.15, -0.1) is 0 Å². The van der Waals surface area contributed by atoms with Gasteiger partial charge in [0, 0.05) is 22.3 Å². The van der Waals surface area contributed by atoms with E-state index in [1.165, 1.54) is 38.5 Å². The number of fused-ring (bicyclic) bond motifs is 1. The zero-order valence-corrected chi connectivity index (χ0v) is 12.6. The highest BCUT2D eigenvalue weighted by atomic mass is 16.5. The van der Waals surface area contributed by atoms with Gasteiger partial charge in [-0.1, -0.05) is 12.1 Å². The molecule has 0 fully saturated rings. The molecule has 23 heavy (non-hydrogen) atoms. The molecule has 0 atom stereocenters. The summed E-state index contributed by atoms with van der Waals surface area (Å²) < 4.78 is 10.7. The first-order valence-corrected chi connectivity index (χ1v) is 6.92. The number of carbonyl (C=O) groups is 2. The third-order valence-corrected chi connectivity index (χ3v) is 3.71. The molecule has 1 aliphatic rings. The van der Waals surface area contributed by atoms with Crippen molar-refractivity contribution in [2.24, 2.45) is 0 Å². The van der Waals surface area contributed by atoms with E-state index in [0.717, 1.165) is 0 Å². The van der Waals surface area contributed by atoms with Gasteiger partial charge in [-0.05, 0) is 30.4 Å². The smallest absolute Gasteiger partial charge is 0.187 e. The topological polar surface area (TPSA) is 72.8 Å². The van der Waals surface area contributed by atoms with Crippen LogP contribution in [0.5, 0.6) is 17.2 Å². The Kier molecular flexibility index (Phi) is 3.62. The molecule has 116 valence electrons. The molecule has 0 spiro atoms. The van der Waals surface area contributed by atoms with E-state index in [1.54, 1.807) is 18.2 Å². The Balaban J connectivity index is 2.35. The normalized spacial score (nSPS) is 13.0. The number of benzene rings is 2. The number of methoxy groups -OCH3 is 2. The minimum absolute atomic E-state index is 0.0972. The highest BCUT2D eigenvalue weighted by molar-refractivity contribution is 6.24. The molecule has 2 aromatic carbocycles. The maximum Gasteiger partial charge on any atom is 0.187 e. The molecule has 0 saturated carbocycles. The number of aromatic hydroxyl groups is 1. The van der Waals surface area contributed by atoms with Gasteiger partial charge in [0.15, 0.2) is 23.1 Å². The predicted molar refractivity (Wildman–Crippen MR) is 84.4 cm³/mol. The minimum atomic E-state index is -0.321. The summed E-state index contributed by atoms with van der Waals surface area (Å²) in [6.07, 6.45) is 2.44. The first kappa shape index (κ1) is 14.8. The van der Waals surface area contributed by atoms with E-state index in [9.17, 15) is 14.7 Å². The van der Waals surface area contributed by atoms with Gasteiger partial charge in [-0.25, -0.2) is 0 Å². The lowest BCUT2D eigenvalue weighted by molar-refractivity contribution is 0.0994. The number of hydrogen-bond acceptors (Lipinski definition) is 5. The van der Waals surface area contributed by atoms with Crippen molar-refractivity contribution in [1.29, 1.82) is 0 Å². The number of para-hydroxylation sites is 1. The second kappa shape index (κ2) is 5.61. The molecule has 0 aromatic heterocycles. The van der Waals surface area contributed by atoms with Crippen LogP contribution in [0.1, 0.15) is 20.7 Å². The third-order valence-electron chi connectivity index (χ3n) is 3.71. The molecule has 0 heterocycles. The Morgan fingerprint density at radius 3 is 2.26 bits per heavy atom. The third kappa shape index (κ3) is 2.36. The average Bonchev–Trinajstić information content (AvgIpc) is 2.56. The Labute approximate surface area is 132 Å². The molecule has 0 unspecified atom stereocenters. The molecule has 1 aliphatic carbocycles. The van der Waals surface area contributed by atoms with Gasteiger partial charge < -0.3 is 14.6 Å². The second-order valence-electron chi connectivity index (χ2n) is 5.02. The molecule has 2 aromatic rings. The number of phenols is 1. The van der Waals surface area contributed by atoms with E-state index in [0.29, 0.717) is 22.6 Å². The molecule has 0 aliphatic heterocycles. The predicted octanol–water partition coefficient (Wildman–Crippen LogP) is 3.01. The van der Waals surface area contributed by atoms with Crippen molar-refractivity contribution in [3.8, 4) is 28.4 Å². The molecule has 0 bridgehead atoms. The van der Waals surface area contributed by atoms with Crippen molar-refractivity contribution in [2.45, 2.75) is 0 Å². The summed E-state index contributed by atoms with van der Waals surface area (Å²) >= 11 is 0. The highest BCUT2D eigenvalue weighted by Gasteiger charge is 2.26. The van der Waals surface area contributed by atoms with E-state index >= 15 is 0 Å². The van der Waals surface area contributed by atoms with E-state index < -0.39 is 0 Å². The lowest BCUT2D eigenvalue weighted by Crippen LogP contribution is -2.13. The van der Waals surface area contributed by atoms with Gasteiger partial charge in [0.1, 0.15) is 5.75 Å². The van der Waals surface area contributed by atoms with Crippen LogP contribution in [0.2, 0.25) is 0 Å². The van der Waals surface area contributed by atoms with E-state index in [2.05, 4.69) is 0 Å². The Morgan fingerprint density at radius 2 is 1.57 bits per heavy atom. The van der Waals surface area contributed by atoms with Crippen LogP contribution in [-0.4, -0.2) is 30.9 Å². The summed E-state index contributed by atoms with van der Waals surface area (Å²) in [5.74, 6) is 0.211. The Bertz CT molecular complexity index is 849. The van der Waals surface area contributed by atoms with Crippen LogP contribution >= 0.6 is 0 Å². The first-order chi connectivity index (χ1) is 11.1. The van der Waals surface area contributed by atoms with E-state index in [-0.39, 0.29) is 28.4 Å². The lowest BCUT2D eigenvalue weighted by atomic mass is 9.87. The van der Waals surface area contributed by atoms with Gasteiger partial charge in [-0.2, -0.15) is 0 Å². The number of hydrogen-bond donors (Lipinski definition) is 1.